The molecule has 0 aliphatic carbocycles. The number of nitrogens with zero attached hydrogens (tertiary/aromatic N) is 2. The van der Waals surface area contributed by atoms with Gasteiger partial charge in [-0.2, -0.15) is 5.10 Å². The molecule has 3 nitrogen and oxygen atoms in total. The van der Waals surface area contributed by atoms with Crippen LogP contribution in [0.2, 0.25) is 0 Å². The number of rotatable bonds is 2. The summed E-state index contributed by atoms with van der Waals surface area (Å²) in [5.41, 5.74) is 4.91. The van der Waals surface area contributed by atoms with Crippen molar-refractivity contribution in [2.45, 2.75) is 46.3 Å². The number of aromatic nitrogens is 2. The number of halogens is 1. The lowest BCUT2D eigenvalue weighted by Gasteiger charge is -2.24. The van der Waals surface area contributed by atoms with Gasteiger partial charge in [0.25, 0.3) is 0 Å². The summed E-state index contributed by atoms with van der Waals surface area (Å²) < 4.78 is 9.49. The normalized spacial score (nSPS) is 20.9. The predicted octanol–water partition coefficient (Wildman–Crippen LogP) is 3.96. The number of benzene rings is 1. The van der Waals surface area contributed by atoms with Crippen molar-refractivity contribution in [3.05, 3.63) is 45.2 Å². The Kier molecular flexibility index (Phi) is 3.16. The summed E-state index contributed by atoms with van der Waals surface area (Å²) in [4.78, 5) is 0. The molecule has 1 aliphatic rings. The highest BCUT2D eigenvalue weighted by molar-refractivity contribution is 9.10. The molecule has 4 heteroatoms. The monoisotopic (exact) mass is 334 g/mol. The molecule has 0 fully saturated rings. The zero-order valence-electron chi connectivity index (χ0n) is 12.3. The van der Waals surface area contributed by atoms with Crippen LogP contribution in [0.15, 0.2) is 22.9 Å². The number of fused-ring (bicyclic) bond motifs is 1. The van der Waals surface area contributed by atoms with Crippen molar-refractivity contribution in [1.29, 1.82) is 0 Å². The number of hydrogen-bond acceptors (Lipinski definition) is 2. The van der Waals surface area contributed by atoms with Gasteiger partial charge in [-0.05, 0) is 50.5 Å². The van der Waals surface area contributed by atoms with Crippen LogP contribution in [0.1, 0.15) is 29.2 Å². The van der Waals surface area contributed by atoms with E-state index in [1.54, 1.807) is 0 Å². The quantitative estimate of drug-likeness (QED) is 0.830. The van der Waals surface area contributed by atoms with E-state index in [9.17, 15) is 0 Å². The lowest BCUT2D eigenvalue weighted by atomic mass is 9.93. The first-order chi connectivity index (χ1) is 9.41. The molecule has 1 aromatic carbocycles. The fourth-order valence-electron chi connectivity index (χ4n) is 2.98. The van der Waals surface area contributed by atoms with Crippen LogP contribution in [0.3, 0.4) is 0 Å². The van der Waals surface area contributed by atoms with Crippen molar-refractivity contribution >= 4 is 15.9 Å². The van der Waals surface area contributed by atoms with Gasteiger partial charge in [0, 0.05) is 28.9 Å². The standard InChI is InChI=1S/C16H19BrN2O/c1-10-11(2)15-13(12(3)14(10)17)8-16(4,20-15)9-19-7-5-6-18-19/h5-7H,8-9H2,1-4H3. The summed E-state index contributed by atoms with van der Waals surface area (Å²) in [5.74, 6) is 1.07. The van der Waals surface area contributed by atoms with Crippen molar-refractivity contribution in [2.75, 3.05) is 0 Å². The van der Waals surface area contributed by atoms with Crippen LogP contribution >= 0.6 is 15.9 Å². The molecule has 0 radical (unpaired) electrons. The zero-order chi connectivity index (χ0) is 14.5. The average molecular weight is 335 g/mol. The van der Waals surface area contributed by atoms with Crippen LogP contribution in [0, 0.1) is 20.8 Å². The Morgan fingerprint density at radius 3 is 2.70 bits per heavy atom. The average Bonchev–Trinajstić information content (AvgIpc) is 3.02. The molecule has 0 N–H and O–H groups in total. The molecule has 106 valence electrons. The summed E-state index contributed by atoms with van der Waals surface area (Å²) in [6.45, 7) is 9.37. The Morgan fingerprint density at radius 1 is 1.30 bits per heavy atom. The predicted molar refractivity (Wildman–Crippen MR) is 83.3 cm³/mol. The van der Waals surface area contributed by atoms with Crippen molar-refractivity contribution in [3.63, 3.8) is 0 Å². The third-order valence-corrected chi connectivity index (χ3v) is 5.43. The first-order valence-corrected chi connectivity index (χ1v) is 7.65. The molecule has 20 heavy (non-hydrogen) atoms. The molecule has 0 saturated heterocycles. The van der Waals surface area contributed by atoms with E-state index in [2.05, 4.69) is 48.7 Å². The van der Waals surface area contributed by atoms with E-state index in [-0.39, 0.29) is 5.60 Å². The minimum Gasteiger partial charge on any atom is -0.485 e. The maximum atomic E-state index is 6.33. The van der Waals surface area contributed by atoms with E-state index in [0.717, 1.165) is 18.7 Å². The second-order valence-corrected chi connectivity index (χ2v) is 6.72. The van der Waals surface area contributed by atoms with Gasteiger partial charge in [0.1, 0.15) is 11.4 Å². The summed E-state index contributed by atoms with van der Waals surface area (Å²) in [6, 6.07) is 1.95. The topological polar surface area (TPSA) is 27.1 Å². The number of ether oxygens (including phenoxy) is 1. The molecule has 0 spiro atoms. The second kappa shape index (κ2) is 4.62. The molecule has 1 aliphatic heterocycles. The molecule has 2 heterocycles. The van der Waals surface area contributed by atoms with Crippen LogP contribution < -0.4 is 4.74 Å². The highest BCUT2D eigenvalue weighted by Gasteiger charge is 2.38. The van der Waals surface area contributed by atoms with Crippen LogP contribution in [0.5, 0.6) is 5.75 Å². The fourth-order valence-corrected chi connectivity index (χ4v) is 3.51. The van der Waals surface area contributed by atoms with Crippen LogP contribution in [-0.2, 0) is 13.0 Å². The van der Waals surface area contributed by atoms with Crippen LogP contribution in [0.25, 0.3) is 0 Å². The Hall–Kier alpha value is -1.29. The molecular weight excluding hydrogens is 316 g/mol. The smallest absolute Gasteiger partial charge is 0.130 e. The second-order valence-electron chi connectivity index (χ2n) is 5.93. The summed E-state index contributed by atoms with van der Waals surface area (Å²) in [5, 5.41) is 4.30. The first-order valence-electron chi connectivity index (χ1n) is 6.86. The Morgan fingerprint density at radius 2 is 2.05 bits per heavy atom. The molecule has 2 aromatic rings. The first kappa shape index (κ1) is 13.7. The van der Waals surface area contributed by atoms with Gasteiger partial charge in [-0.3, -0.25) is 4.68 Å². The highest BCUT2D eigenvalue weighted by Crippen LogP contribution is 2.44. The van der Waals surface area contributed by atoms with Gasteiger partial charge in [-0.15, -0.1) is 0 Å². The molecular formula is C16H19BrN2O. The summed E-state index contributed by atoms with van der Waals surface area (Å²) >= 11 is 3.71. The minimum absolute atomic E-state index is 0.225. The van der Waals surface area contributed by atoms with E-state index < -0.39 is 0 Å². The van der Waals surface area contributed by atoms with Gasteiger partial charge in [0.2, 0.25) is 0 Å². The summed E-state index contributed by atoms with van der Waals surface area (Å²) in [7, 11) is 0. The Balaban J connectivity index is 2.00. The van der Waals surface area contributed by atoms with E-state index in [0.29, 0.717) is 0 Å². The van der Waals surface area contributed by atoms with Gasteiger partial charge in [-0.1, -0.05) is 15.9 Å². The number of hydrogen-bond donors (Lipinski definition) is 0. The van der Waals surface area contributed by atoms with Crippen LogP contribution in [-0.4, -0.2) is 15.4 Å². The SMILES string of the molecule is Cc1c(C)c2c(c(C)c1Br)CC(C)(Cn1cccn1)O2. The van der Waals surface area contributed by atoms with Gasteiger partial charge in [0.15, 0.2) is 0 Å². The maximum absolute atomic E-state index is 6.33. The van der Waals surface area contributed by atoms with Gasteiger partial charge in [-0.25, -0.2) is 0 Å². The van der Waals surface area contributed by atoms with Gasteiger partial charge in [0.05, 0.1) is 6.54 Å². The van der Waals surface area contributed by atoms with E-state index in [1.165, 1.54) is 26.7 Å². The molecule has 0 amide bonds. The van der Waals surface area contributed by atoms with Crippen molar-refractivity contribution < 1.29 is 4.74 Å². The Labute approximate surface area is 128 Å². The third kappa shape index (κ3) is 2.06. The van der Waals surface area contributed by atoms with E-state index in [4.69, 9.17) is 4.74 Å². The van der Waals surface area contributed by atoms with Crippen molar-refractivity contribution in [3.8, 4) is 5.75 Å². The molecule has 0 saturated carbocycles. The fraction of sp³-hybridized carbons (Fsp3) is 0.438. The third-order valence-electron chi connectivity index (χ3n) is 4.24. The largest absolute Gasteiger partial charge is 0.485 e. The molecule has 1 unspecified atom stereocenters. The molecule has 0 bridgehead atoms. The van der Waals surface area contributed by atoms with Crippen molar-refractivity contribution in [2.24, 2.45) is 0 Å². The lowest BCUT2D eigenvalue weighted by molar-refractivity contribution is 0.0900. The van der Waals surface area contributed by atoms with Crippen LogP contribution in [0.4, 0.5) is 0 Å². The van der Waals surface area contributed by atoms with E-state index >= 15 is 0 Å². The highest BCUT2D eigenvalue weighted by atomic mass is 79.9. The van der Waals surface area contributed by atoms with Crippen molar-refractivity contribution in [1.82, 2.24) is 9.78 Å². The molecule has 1 aromatic heterocycles. The minimum atomic E-state index is -0.225. The van der Waals surface area contributed by atoms with E-state index in [1.807, 2.05) is 23.1 Å². The summed E-state index contributed by atoms with van der Waals surface area (Å²) in [6.07, 6.45) is 4.72. The van der Waals surface area contributed by atoms with Gasteiger partial charge < -0.3 is 4.74 Å². The molecule has 1 atom stereocenters. The lowest BCUT2D eigenvalue weighted by Crippen LogP contribution is -2.36. The maximum Gasteiger partial charge on any atom is 0.130 e. The van der Waals surface area contributed by atoms with Gasteiger partial charge >= 0.3 is 0 Å². The Bertz CT molecular complexity index is 625. The molecule has 3 rings (SSSR count). The zero-order valence-corrected chi connectivity index (χ0v) is 13.9.